The second kappa shape index (κ2) is 5.61. The number of halogens is 1. The second-order valence-electron chi connectivity index (χ2n) is 4.58. The highest BCUT2D eigenvalue weighted by Crippen LogP contribution is 2.33. The Balaban J connectivity index is 2.27. The van der Waals surface area contributed by atoms with Gasteiger partial charge in [0, 0.05) is 22.8 Å². The number of benzene rings is 1. The lowest BCUT2D eigenvalue weighted by atomic mass is 10.0. The minimum absolute atomic E-state index is 0.161. The summed E-state index contributed by atoms with van der Waals surface area (Å²) in [6.07, 6.45) is 3.05. The van der Waals surface area contributed by atoms with Gasteiger partial charge in [0.25, 0.3) is 0 Å². The smallest absolute Gasteiger partial charge is 0.360 e. The van der Waals surface area contributed by atoms with E-state index < -0.39 is 5.97 Å². The van der Waals surface area contributed by atoms with Gasteiger partial charge < -0.3 is 9.84 Å². The molecule has 0 radical (unpaired) electrons. The number of nitrogens with zero attached hydrogens (tertiary/aromatic N) is 2. The summed E-state index contributed by atoms with van der Waals surface area (Å²) in [5.74, 6) is -1.01. The first-order valence-electron chi connectivity index (χ1n) is 6.42. The summed E-state index contributed by atoms with van der Waals surface area (Å²) < 4.78 is 4.59. The highest BCUT2D eigenvalue weighted by Gasteiger charge is 2.18. The van der Waals surface area contributed by atoms with E-state index in [0.29, 0.717) is 10.4 Å². The molecule has 2 heterocycles. The van der Waals surface area contributed by atoms with Gasteiger partial charge in [-0.05, 0) is 29.3 Å². The lowest BCUT2D eigenvalue weighted by molar-refractivity contribution is 0.0591. The fourth-order valence-corrected chi connectivity index (χ4v) is 2.44. The zero-order chi connectivity index (χ0) is 15.7. The van der Waals surface area contributed by atoms with Gasteiger partial charge in [-0.25, -0.2) is 9.78 Å². The molecule has 0 spiro atoms. The van der Waals surface area contributed by atoms with Crippen molar-refractivity contribution in [2.24, 2.45) is 0 Å². The molecule has 3 rings (SSSR count). The van der Waals surface area contributed by atoms with Crippen LogP contribution in [-0.2, 0) is 4.74 Å². The van der Waals surface area contributed by atoms with Gasteiger partial charge in [-0.1, -0.05) is 23.7 Å². The molecule has 0 bridgehead atoms. The minimum atomic E-state index is -0.714. The Labute approximate surface area is 131 Å². The van der Waals surface area contributed by atoms with Crippen molar-refractivity contribution >= 4 is 28.5 Å². The van der Waals surface area contributed by atoms with Crippen LogP contribution in [0.2, 0.25) is 5.02 Å². The van der Waals surface area contributed by atoms with Crippen molar-refractivity contribution in [3.63, 3.8) is 0 Å². The maximum absolute atomic E-state index is 11.6. The van der Waals surface area contributed by atoms with E-state index in [1.54, 1.807) is 18.3 Å². The van der Waals surface area contributed by atoms with Crippen molar-refractivity contribution in [2.75, 3.05) is 7.11 Å². The number of methoxy groups -OCH3 is 1. The van der Waals surface area contributed by atoms with Crippen LogP contribution in [0.4, 0.5) is 0 Å². The van der Waals surface area contributed by atoms with Crippen molar-refractivity contribution in [3.8, 4) is 16.9 Å². The number of carbonyl (C=O) groups is 1. The Kier molecular flexibility index (Phi) is 3.65. The van der Waals surface area contributed by atoms with Gasteiger partial charge in [-0.15, -0.1) is 0 Å². The van der Waals surface area contributed by atoms with E-state index in [0.717, 1.165) is 11.1 Å². The first-order valence-corrected chi connectivity index (χ1v) is 6.80. The van der Waals surface area contributed by atoms with Crippen molar-refractivity contribution in [1.29, 1.82) is 0 Å². The van der Waals surface area contributed by atoms with Crippen LogP contribution in [-0.4, -0.2) is 28.2 Å². The Hall–Kier alpha value is -2.66. The topological polar surface area (TPSA) is 72.3 Å². The minimum Gasteiger partial charge on any atom is -0.504 e. The zero-order valence-corrected chi connectivity index (χ0v) is 12.3. The summed E-state index contributed by atoms with van der Waals surface area (Å²) in [7, 11) is 1.23. The van der Waals surface area contributed by atoms with Crippen LogP contribution >= 0.6 is 11.6 Å². The summed E-state index contributed by atoms with van der Waals surface area (Å²) in [6.45, 7) is 0. The molecule has 0 saturated carbocycles. The van der Waals surface area contributed by atoms with Crippen LogP contribution in [0.1, 0.15) is 10.5 Å². The van der Waals surface area contributed by atoms with Gasteiger partial charge in [-0.2, -0.15) is 0 Å². The quantitative estimate of drug-likeness (QED) is 0.733. The van der Waals surface area contributed by atoms with Crippen molar-refractivity contribution in [2.45, 2.75) is 0 Å². The molecule has 1 N–H and O–H groups in total. The number of pyridine rings is 2. The highest BCUT2D eigenvalue weighted by molar-refractivity contribution is 6.30. The molecule has 0 aliphatic rings. The summed E-state index contributed by atoms with van der Waals surface area (Å²) in [4.78, 5) is 19.7. The number of aromatic nitrogens is 2. The van der Waals surface area contributed by atoms with Crippen LogP contribution < -0.4 is 0 Å². The summed E-state index contributed by atoms with van der Waals surface area (Å²) in [6, 6.07) is 9.11. The molecule has 1 aromatic carbocycles. The van der Waals surface area contributed by atoms with E-state index in [4.69, 9.17) is 11.6 Å². The number of ether oxygens (including phenoxy) is 1. The summed E-state index contributed by atoms with van der Waals surface area (Å²) in [5.41, 5.74) is 1.80. The monoisotopic (exact) mass is 314 g/mol. The lowest BCUT2D eigenvalue weighted by Crippen LogP contribution is -2.05. The van der Waals surface area contributed by atoms with Crippen LogP contribution in [0.25, 0.3) is 22.0 Å². The van der Waals surface area contributed by atoms with Gasteiger partial charge in [0.1, 0.15) is 5.52 Å². The van der Waals surface area contributed by atoms with E-state index in [-0.39, 0.29) is 17.0 Å². The summed E-state index contributed by atoms with van der Waals surface area (Å²) >= 11 is 6.02. The number of hydrogen-bond donors (Lipinski definition) is 1. The molecule has 6 heteroatoms. The molecule has 0 aliphatic carbocycles. The predicted octanol–water partition coefficient (Wildman–Crippen LogP) is 3.44. The molecular weight excluding hydrogens is 304 g/mol. The first-order chi connectivity index (χ1) is 10.6. The molecule has 5 nitrogen and oxygen atoms in total. The van der Waals surface area contributed by atoms with Gasteiger partial charge in [-0.3, -0.25) is 4.98 Å². The predicted molar refractivity (Wildman–Crippen MR) is 83.0 cm³/mol. The van der Waals surface area contributed by atoms with Crippen LogP contribution in [0.3, 0.4) is 0 Å². The maximum Gasteiger partial charge on any atom is 0.360 e. The number of carbonyl (C=O) groups excluding carboxylic acids is 1. The van der Waals surface area contributed by atoms with Crippen molar-refractivity contribution < 1.29 is 14.6 Å². The molecule has 0 aliphatic heterocycles. The Morgan fingerprint density at radius 1 is 1.27 bits per heavy atom. The Morgan fingerprint density at radius 3 is 2.82 bits per heavy atom. The maximum atomic E-state index is 11.6. The number of rotatable bonds is 2. The SMILES string of the molecule is COC(=O)c1ncc2c(-c3cccc(Cl)c3)ccnc2c1O. The molecule has 3 aromatic rings. The average molecular weight is 315 g/mol. The molecule has 0 saturated heterocycles. The zero-order valence-electron chi connectivity index (χ0n) is 11.6. The van der Waals surface area contributed by atoms with Crippen molar-refractivity contribution in [3.05, 3.63) is 53.4 Å². The Bertz CT molecular complexity index is 880. The third-order valence-corrected chi connectivity index (χ3v) is 3.51. The van der Waals surface area contributed by atoms with Crippen LogP contribution in [0, 0.1) is 0 Å². The van der Waals surface area contributed by atoms with E-state index in [1.165, 1.54) is 13.3 Å². The molecule has 0 fully saturated rings. The van der Waals surface area contributed by atoms with Crippen LogP contribution in [0.5, 0.6) is 5.75 Å². The van der Waals surface area contributed by atoms with E-state index in [2.05, 4.69) is 14.7 Å². The number of aromatic hydroxyl groups is 1. The molecule has 110 valence electrons. The molecule has 0 atom stereocenters. The number of hydrogen-bond acceptors (Lipinski definition) is 5. The largest absolute Gasteiger partial charge is 0.504 e. The molecule has 0 unspecified atom stereocenters. The van der Waals surface area contributed by atoms with Crippen LogP contribution in [0.15, 0.2) is 42.7 Å². The van der Waals surface area contributed by atoms with Crippen molar-refractivity contribution in [1.82, 2.24) is 9.97 Å². The molecule has 0 amide bonds. The Morgan fingerprint density at radius 2 is 2.09 bits per heavy atom. The molecular formula is C16H11ClN2O3. The third-order valence-electron chi connectivity index (χ3n) is 3.28. The highest BCUT2D eigenvalue weighted by atomic mass is 35.5. The fourth-order valence-electron chi connectivity index (χ4n) is 2.25. The van der Waals surface area contributed by atoms with Gasteiger partial charge in [0.05, 0.1) is 7.11 Å². The van der Waals surface area contributed by atoms with E-state index >= 15 is 0 Å². The normalized spacial score (nSPS) is 10.6. The number of esters is 1. The third kappa shape index (κ3) is 2.35. The second-order valence-corrected chi connectivity index (χ2v) is 5.01. The van der Waals surface area contributed by atoms with E-state index in [9.17, 15) is 9.90 Å². The fraction of sp³-hybridized carbons (Fsp3) is 0.0625. The molecule has 22 heavy (non-hydrogen) atoms. The summed E-state index contributed by atoms with van der Waals surface area (Å²) in [5, 5.41) is 11.4. The van der Waals surface area contributed by atoms with Gasteiger partial charge in [0.2, 0.25) is 0 Å². The molecule has 2 aromatic heterocycles. The standard InChI is InChI=1S/C16H11ClN2O3/c1-22-16(21)14-15(20)13-12(8-19-14)11(5-6-18-13)9-3-2-4-10(17)7-9/h2-8,20H,1H3. The lowest BCUT2D eigenvalue weighted by Gasteiger charge is -2.09. The van der Waals surface area contributed by atoms with Gasteiger partial charge >= 0.3 is 5.97 Å². The van der Waals surface area contributed by atoms with E-state index in [1.807, 2.05) is 18.2 Å². The van der Waals surface area contributed by atoms with Gasteiger partial charge in [0.15, 0.2) is 11.4 Å². The first kappa shape index (κ1) is 14.3. The average Bonchev–Trinajstić information content (AvgIpc) is 2.54. The number of fused-ring (bicyclic) bond motifs is 1.